The predicted octanol–water partition coefficient (Wildman–Crippen LogP) is 1.51. The molecule has 120 valence electrons. The van der Waals surface area contributed by atoms with E-state index in [0.717, 1.165) is 17.7 Å². The van der Waals surface area contributed by atoms with Crippen LogP contribution in [0.15, 0.2) is 30.9 Å². The summed E-state index contributed by atoms with van der Waals surface area (Å²) in [5.41, 5.74) is 2.26. The summed E-state index contributed by atoms with van der Waals surface area (Å²) < 4.78 is 1.63. The molecule has 1 aromatic carbocycles. The number of amides is 1. The van der Waals surface area contributed by atoms with Gasteiger partial charge >= 0.3 is 5.97 Å². The number of carbonyl (C=O) groups is 2. The molecular weight excluding hydrogens is 296 g/mol. The highest BCUT2D eigenvalue weighted by atomic mass is 16.4. The van der Waals surface area contributed by atoms with Crippen molar-refractivity contribution < 1.29 is 14.7 Å². The van der Waals surface area contributed by atoms with Gasteiger partial charge in [-0.3, -0.25) is 9.59 Å². The van der Waals surface area contributed by atoms with E-state index in [2.05, 4.69) is 10.1 Å². The van der Waals surface area contributed by atoms with Crippen LogP contribution in [0.5, 0.6) is 0 Å². The third-order valence-electron chi connectivity index (χ3n) is 4.18. The molecule has 7 nitrogen and oxygen atoms in total. The van der Waals surface area contributed by atoms with Gasteiger partial charge in [-0.25, -0.2) is 9.67 Å². The summed E-state index contributed by atoms with van der Waals surface area (Å²) in [5.74, 6) is -1.42. The fraction of sp³-hybridized carbons (Fsp3) is 0.375. The molecule has 1 fully saturated rings. The zero-order valence-corrected chi connectivity index (χ0v) is 12.8. The summed E-state index contributed by atoms with van der Waals surface area (Å²) in [6.45, 7) is 2.75. The molecule has 0 saturated carbocycles. The van der Waals surface area contributed by atoms with Crippen LogP contribution in [-0.4, -0.2) is 49.7 Å². The van der Waals surface area contributed by atoms with Gasteiger partial charge in [0.05, 0.1) is 11.6 Å². The number of carboxylic acids is 1. The van der Waals surface area contributed by atoms with E-state index in [1.165, 1.54) is 6.33 Å². The molecule has 7 heteroatoms. The summed E-state index contributed by atoms with van der Waals surface area (Å²) in [7, 11) is 0. The second-order valence-corrected chi connectivity index (χ2v) is 5.77. The number of carboxylic acid groups (broad SMARTS) is 1. The van der Waals surface area contributed by atoms with Crippen molar-refractivity contribution in [2.45, 2.75) is 19.8 Å². The fourth-order valence-electron chi connectivity index (χ4n) is 2.91. The van der Waals surface area contributed by atoms with E-state index in [1.807, 2.05) is 19.1 Å². The van der Waals surface area contributed by atoms with Gasteiger partial charge in [0, 0.05) is 18.7 Å². The number of aliphatic carboxylic acids is 1. The molecule has 23 heavy (non-hydrogen) atoms. The largest absolute Gasteiger partial charge is 0.481 e. The number of hydrogen-bond donors (Lipinski definition) is 1. The van der Waals surface area contributed by atoms with Gasteiger partial charge in [0.15, 0.2) is 0 Å². The van der Waals surface area contributed by atoms with Crippen molar-refractivity contribution in [1.29, 1.82) is 0 Å². The maximum Gasteiger partial charge on any atom is 0.308 e. The Labute approximate surface area is 133 Å². The van der Waals surface area contributed by atoms with Crippen LogP contribution < -0.4 is 0 Å². The molecule has 1 amide bonds. The van der Waals surface area contributed by atoms with Crippen molar-refractivity contribution in [3.8, 4) is 5.69 Å². The molecule has 0 radical (unpaired) electrons. The number of nitrogens with zero attached hydrogens (tertiary/aromatic N) is 4. The number of piperidine rings is 1. The third-order valence-corrected chi connectivity index (χ3v) is 4.18. The SMILES string of the molecule is Cc1cc(-n2cncn2)ccc1C(=O)N1CCCC(C(=O)O)C1. The van der Waals surface area contributed by atoms with Crippen LogP contribution in [0, 0.1) is 12.8 Å². The minimum atomic E-state index is -0.833. The molecule has 1 aromatic heterocycles. The Balaban J connectivity index is 1.81. The summed E-state index contributed by atoms with van der Waals surface area (Å²) in [6, 6.07) is 5.45. The van der Waals surface area contributed by atoms with Crippen LogP contribution in [0.25, 0.3) is 5.69 Å². The lowest BCUT2D eigenvalue weighted by atomic mass is 9.97. The highest BCUT2D eigenvalue weighted by molar-refractivity contribution is 5.96. The Bertz CT molecular complexity index is 727. The van der Waals surface area contributed by atoms with E-state index in [9.17, 15) is 9.59 Å². The Kier molecular flexibility index (Phi) is 4.10. The monoisotopic (exact) mass is 314 g/mol. The molecule has 0 bridgehead atoms. The van der Waals surface area contributed by atoms with E-state index < -0.39 is 11.9 Å². The topological polar surface area (TPSA) is 88.3 Å². The Morgan fingerprint density at radius 2 is 2.17 bits per heavy atom. The van der Waals surface area contributed by atoms with E-state index in [1.54, 1.807) is 22.0 Å². The van der Waals surface area contributed by atoms with E-state index in [4.69, 9.17) is 5.11 Å². The fourth-order valence-corrected chi connectivity index (χ4v) is 2.91. The molecular formula is C16H18N4O3. The first-order valence-electron chi connectivity index (χ1n) is 7.54. The highest BCUT2D eigenvalue weighted by Crippen LogP contribution is 2.21. The smallest absolute Gasteiger partial charge is 0.308 e. The molecule has 1 atom stereocenters. The number of aromatic nitrogens is 3. The van der Waals surface area contributed by atoms with E-state index in [0.29, 0.717) is 18.5 Å². The molecule has 1 saturated heterocycles. The van der Waals surface area contributed by atoms with Gasteiger partial charge in [-0.1, -0.05) is 0 Å². The molecule has 1 N–H and O–H groups in total. The number of likely N-dealkylation sites (tertiary alicyclic amines) is 1. The minimum absolute atomic E-state index is 0.112. The highest BCUT2D eigenvalue weighted by Gasteiger charge is 2.29. The van der Waals surface area contributed by atoms with Gasteiger partial charge in [0.25, 0.3) is 5.91 Å². The van der Waals surface area contributed by atoms with Crippen LogP contribution in [0.2, 0.25) is 0 Å². The standard InChI is InChI=1S/C16H18N4O3/c1-11-7-13(20-10-17-9-18-20)4-5-14(11)15(21)19-6-2-3-12(8-19)16(22)23/h4-5,7,9-10,12H,2-3,6,8H2,1H3,(H,22,23). The molecule has 1 aliphatic heterocycles. The maximum absolute atomic E-state index is 12.7. The quantitative estimate of drug-likeness (QED) is 0.928. The normalized spacial score (nSPS) is 18.0. The molecule has 1 aliphatic rings. The lowest BCUT2D eigenvalue weighted by Crippen LogP contribution is -2.42. The average molecular weight is 314 g/mol. The van der Waals surface area contributed by atoms with Crippen LogP contribution in [0.1, 0.15) is 28.8 Å². The number of benzene rings is 1. The van der Waals surface area contributed by atoms with Gasteiger partial charge in [0.1, 0.15) is 12.7 Å². The zero-order chi connectivity index (χ0) is 16.4. The Morgan fingerprint density at radius 3 is 2.83 bits per heavy atom. The lowest BCUT2D eigenvalue weighted by Gasteiger charge is -2.31. The van der Waals surface area contributed by atoms with Gasteiger partial charge < -0.3 is 10.0 Å². The van der Waals surface area contributed by atoms with Crippen molar-refractivity contribution in [3.63, 3.8) is 0 Å². The first-order valence-corrected chi connectivity index (χ1v) is 7.54. The van der Waals surface area contributed by atoms with Crippen molar-refractivity contribution in [2.24, 2.45) is 5.92 Å². The first kappa shape index (κ1) is 15.2. The van der Waals surface area contributed by atoms with Gasteiger partial charge in [-0.15, -0.1) is 0 Å². The van der Waals surface area contributed by atoms with Gasteiger partial charge in [-0.05, 0) is 43.5 Å². The Hall–Kier alpha value is -2.70. The Morgan fingerprint density at radius 1 is 1.35 bits per heavy atom. The third kappa shape index (κ3) is 3.08. The first-order chi connectivity index (χ1) is 11.1. The van der Waals surface area contributed by atoms with Crippen molar-refractivity contribution in [1.82, 2.24) is 19.7 Å². The number of carbonyl (C=O) groups excluding carboxylic acids is 1. The summed E-state index contributed by atoms with van der Waals surface area (Å²) in [5, 5.41) is 13.2. The van der Waals surface area contributed by atoms with Gasteiger partial charge in [0.2, 0.25) is 0 Å². The minimum Gasteiger partial charge on any atom is -0.481 e. The number of aryl methyl sites for hydroxylation is 1. The molecule has 0 spiro atoms. The van der Waals surface area contributed by atoms with E-state index in [-0.39, 0.29) is 12.5 Å². The van der Waals surface area contributed by atoms with Crippen LogP contribution in [0.3, 0.4) is 0 Å². The molecule has 3 rings (SSSR count). The summed E-state index contributed by atoms with van der Waals surface area (Å²) in [6.07, 6.45) is 4.40. The molecule has 0 aliphatic carbocycles. The van der Waals surface area contributed by atoms with Crippen molar-refractivity contribution >= 4 is 11.9 Å². The second-order valence-electron chi connectivity index (χ2n) is 5.77. The number of hydrogen-bond acceptors (Lipinski definition) is 4. The van der Waals surface area contributed by atoms with Crippen LogP contribution in [-0.2, 0) is 4.79 Å². The molecule has 1 unspecified atom stereocenters. The number of rotatable bonds is 3. The summed E-state index contributed by atoms with van der Waals surface area (Å²) >= 11 is 0. The van der Waals surface area contributed by atoms with Gasteiger partial charge in [-0.2, -0.15) is 5.10 Å². The van der Waals surface area contributed by atoms with Crippen LogP contribution in [0.4, 0.5) is 0 Å². The zero-order valence-electron chi connectivity index (χ0n) is 12.8. The van der Waals surface area contributed by atoms with E-state index >= 15 is 0 Å². The maximum atomic E-state index is 12.7. The average Bonchev–Trinajstić information content (AvgIpc) is 3.08. The molecule has 2 aromatic rings. The predicted molar refractivity (Wildman–Crippen MR) is 82.4 cm³/mol. The summed E-state index contributed by atoms with van der Waals surface area (Å²) in [4.78, 5) is 29.4. The van der Waals surface area contributed by atoms with Crippen molar-refractivity contribution in [2.75, 3.05) is 13.1 Å². The second kappa shape index (κ2) is 6.20. The molecule has 2 heterocycles. The van der Waals surface area contributed by atoms with Crippen molar-refractivity contribution in [3.05, 3.63) is 42.0 Å². The van der Waals surface area contributed by atoms with Crippen LogP contribution >= 0.6 is 0 Å². The lowest BCUT2D eigenvalue weighted by molar-refractivity contribution is -0.143.